The van der Waals surface area contributed by atoms with Crippen LogP contribution in [0.2, 0.25) is 0 Å². The standard InChI is InChI=1S/C11H13I3N2O3/c1-5(18-2)4-16-10-7(13)3-6(12)8(9(10)14)11(17)19-15/h3,5,16H,4,15H2,1-2H3. The molecule has 0 radical (unpaired) electrons. The van der Waals surface area contributed by atoms with E-state index in [4.69, 9.17) is 10.6 Å². The Morgan fingerprint density at radius 3 is 2.58 bits per heavy atom. The predicted octanol–water partition coefficient (Wildman–Crippen LogP) is 2.98. The molecule has 0 amide bonds. The molecule has 0 heterocycles. The van der Waals surface area contributed by atoms with Crippen molar-refractivity contribution in [1.82, 2.24) is 0 Å². The summed E-state index contributed by atoms with van der Waals surface area (Å²) in [5.41, 5.74) is 1.38. The van der Waals surface area contributed by atoms with E-state index in [0.29, 0.717) is 12.1 Å². The minimum atomic E-state index is -0.534. The van der Waals surface area contributed by atoms with Crippen LogP contribution in [0, 0.1) is 10.7 Å². The van der Waals surface area contributed by atoms with Crippen molar-refractivity contribution in [3.63, 3.8) is 0 Å². The van der Waals surface area contributed by atoms with E-state index in [1.165, 1.54) is 0 Å². The van der Waals surface area contributed by atoms with Crippen LogP contribution in [0.15, 0.2) is 6.07 Å². The second kappa shape index (κ2) is 8.14. The lowest BCUT2D eigenvalue weighted by Crippen LogP contribution is -2.21. The quantitative estimate of drug-likeness (QED) is 0.401. The molecule has 106 valence electrons. The van der Waals surface area contributed by atoms with Gasteiger partial charge in [0.1, 0.15) is 0 Å². The molecule has 0 aliphatic rings. The zero-order valence-electron chi connectivity index (χ0n) is 10.3. The van der Waals surface area contributed by atoms with Gasteiger partial charge in [0.05, 0.1) is 20.9 Å². The molecule has 0 fully saturated rings. The Bertz CT molecular complexity index is 483. The Balaban J connectivity index is 3.14. The van der Waals surface area contributed by atoms with E-state index in [9.17, 15) is 4.79 Å². The smallest absolute Gasteiger partial charge is 0.358 e. The van der Waals surface area contributed by atoms with Gasteiger partial charge in [-0.3, -0.25) is 0 Å². The molecule has 0 aliphatic carbocycles. The van der Waals surface area contributed by atoms with Crippen LogP contribution in [-0.2, 0) is 9.57 Å². The van der Waals surface area contributed by atoms with Gasteiger partial charge in [0.25, 0.3) is 0 Å². The first-order chi connectivity index (χ1) is 8.92. The van der Waals surface area contributed by atoms with Crippen LogP contribution in [0.4, 0.5) is 5.69 Å². The lowest BCUT2D eigenvalue weighted by molar-refractivity contribution is 0.0501. The first-order valence-corrected chi connectivity index (χ1v) is 8.51. The van der Waals surface area contributed by atoms with Gasteiger partial charge in [-0.25, -0.2) is 4.79 Å². The first kappa shape index (κ1) is 17.7. The monoisotopic (exact) mass is 602 g/mol. The third-order valence-electron chi connectivity index (χ3n) is 2.45. The summed E-state index contributed by atoms with van der Waals surface area (Å²) >= 11 is 6.44. The second-order valence-electron chi connectivity index (χ2n) is 3.74. The van der Waals surface area contributed by atoms with Gasteiger partial charge in [0.2, 0.25) is 0 Å². The minimum Gasteiger partial charge on any atom is -0.381 e. The maximum absolute atomic E-state index is 11.7. The fraction of sp³-hybridized carbons (Fsp3) is 0.364. The van der Waals surface area contributed by atoms with Crippen molar-refractivity contribution < 1.29 is 14.4 Å². The van der Waals surface area contributed by atoms with E-state index in [-0.39, 0.29) is 6.10 Å². The highest BCUT2D eigenvalue weighted by Crippen LogP contribution is 2.32. The molecule has 1 aromatic carbocycles. The van der Waals surface area contributed by atoms with Crippen LogP contribution in [0.25, 0.3) is 0 Å². The van der Waals surface area contributed by atoms with Crippen LogP contribution < -0.4 is 11.2 Å². The molecule has 1 aromatic rings. The summed E-state index contributed by atoms with van der Waals surface area (Å²) in [6, 6.07) is 1.91. The number of nitrogens with two attached hydrogens (primary N) is 1. The van der Waals surface area contributed by atoms with E-state index in [1.807, 2.05) is 13.0 Å². The number of halogens is 3. The summed E-state index contributed by atoms with van der Waals surface area (Å²) < 4.78 is 7.84. The van der Waals surface area contributed by atoms with Gasteiger partial charge in [0, 0.05) is 20.8 Å². The molecule has 5 nitrogen and oxygen atoms in total. The van der Waals surface area contributed by atoms with Crippen molar-refractivity contribution in [2.45, 2.75) is 13.0 Å². The van der Waals surface area contributed by atoms with E-state index in [1.54, 1.807) is 7.11 Å². The zero-order valence-corrected chi connectivity index (χ0v) is 16.8. The Morgan fingerprint density at radius 1 is 1.42 bits per heavy atom. The third-order valence-corrected chi connectivity index (χ3v) is 5.23. The van der Waals surface area contributed by atoms with Gasteiger partial charge in [-0.15, -0.1) is 0 Å². The second-order valence-corrected chi connectivity index (χ2v) is 7.14. The van der Waals surface area contributed by atoms with Crippen molar-refractivity contribution in [3.05, 3.63) is 22.3 Å². The normalized spacial score (nSPS) is 12.1. The Hall–Kier alpha value is 0.600. The van der Waals surface area contributed by atoms with Crippen molar-refractivity contribution >= 4 is 79.4 Å². The molecule has 0 spiro atoms. The predicted molar refractivity (Wildman–Crippen MR) is 99.2 cm³/mol. The summed E-state index contributed by atoms with van der Waals surface area (Å²) in [5.74, 6) is 4.44. The molecule has 0 bridgehead atoms. The maximum Gasteiger partial charge on any atom is 0.358 e. The van der Waals surface area contributed by atoms with Gasteiger partial charge < -0.3 is 14.9 Å². The fourth-order valence-electron chi connectivity index (χ4n) is 1.33. The van der Waals surface area contributed by atoms with E-state index in [2.05, 4.69) is 77.9 Å². The van der Waals surface area contributed by atoms with Gasteiger partial charge in [-0.1, -0.05) is 0 Å². The molecule has 0 aromatic heterocycles. The third kappa shape index (κ3) is 4.54. The van der Waals surface area contributed by atoms with E-state index in [0.717, 1.165) is 16.4 Å². The number of anilines is 1. The average Bonchev–Trinajstić information content (AvgIpc) is 2.37. The number of methoxy groups -OCH3 is 1. The Kier molecular flexibility index (Phi) is 7.56. The number of carbonyl (C=O) groups is 1. The van der Waals surface area contributed by atoms with Crippen LogP contribution >= 0.6 is 67.8 Å². The molecule has 1 atom stereocenters. The molecule has 1 unspecified atom stereocenters. The molecule has 3 N–H and O–H groups in total. The summed E-state index contributed by atoms with van der Waals surface area (Å²) in [7, 11) is 1.66. The number of ether oxygens (including phenoxy) is 1. The highest BCUT2D eigenvalue weighted by molar-refractivity contribution is 14.1. The van der Waals surface area contributed by atoms with Gasteiger partial charge in [-0.05, 0) is 80.8 Å². The molecule has 19 heavy (non-hydrogen) atoms. The molecule has 8 heteroatoms. The van der Waals surface area contributed by atoms with E-state index < -0.39 is 5.97 Å². The zero-order chi connectivity index (χ0) is 14.6. The van der Waals surface area contributed by atoms with Crippen molar-refractivity contribution in [1.29, 1.82) is 0 Å². The SMILES string of the molecule is COC(C)CNc1c(I)cc(I)c(C(=O)ON)c1I. The number of hydrogen-bond donors (Lipinski definition) is 2. The van der Waals surface area contributed by atoms with Crippen LogP contribution in [-0.4, -0.2) is 25.7 Å². The largest absolute Gasteiger partial charge is 0.381 e. The number of hydrogen-bond acceptors (Lipinski definition) is 5. The highest BCUT2D eigenvalue weighted by atomic mass is 127. The van der Waals surface area contributed by atoms with Crippen LogP contribution in [0.3, 0.4) is 0 Å². The van der Waals surface area contributed by atoms with Crippen molar-refractivity contribution in [3.8, 4) is 0 Å². The molecular formula is C11H13I3N2O3. The van der Waals surface area contributed by atoms with Gasteiger partial charge >= 0.3 is 5.97 Å². The molecule has 0 aliphatic heterocycles. The average molecular weight is 602 g/mol. The van der Waals surface area contributed by atoms with Crippen LogP contribution in [0.5, 0.6) is 0 Å². The molecule has 0 saturated heterocycles. The summed E-state index contributed by atoms with van der Waals surface area (Å²) in [4.78, 5) is 16.0. The lowest BCUT2D eigenvalue weighted by atomic mass is 10.2. The molecule has 1 rings (SSSR count). The van der Waals surface area contributed by atoms with Gasteiger partial charge in [-0.2, -0.15) is 5.90 Å². The number of carbonyl (C=O) groups excluding carboxylic acids is 1. The maximum atomic E-state index is 11.7. The number of benzene rings is 1. The number of rotatable bonds is 5. The molecular weight excluding hydrogens is 589 g/mol. The molecule has 0 saturated carbocycles. The van der Waals surface area contributed by atoms with Crippen LogP contribution in [0.1, 0.15) is 17.3 Å². The summed E-state index contributed by atoms with van der Waals surface area (Å²) in [6.07, 6.45) is 0.0794. The Morgan fingerprint density at radius 2 is 2.05 bits per heavy atom. The van der Waals surface area contributed by atoms with Crippen molar-refractivity contribution in [2.75, 3.05) is 19.0 Å². The van der Waals surface area contributed by atoms with E-state index >= 15 is 0 Å². The first-order valence-electron chi connectivity index (χ1n) is 5.27. The topological polar surface area (TPSA) is 73.6 Å². The summed E-state index contributed by atoms with van der Waals surface area (Å²) in [6.45, 7) is 2.62. The van der Waals surface area contributed by atoms with Crippen molar-refractivity contribution in [2.24, 2.45) is 5.90 Å². The highest BCUT2D eigenvalue weighted by Gasteiger charge is 2.20. The minimum absolute atomic E-state index is 0.0794. The fourth-order valence-corrected chi connectivity index (χ4v) is 5.52. The van der Waals surface area contributed by atoms with Gasteiger partial charge in [0.15, 0.2) is 0 Å². The number of nitrogens with one attached hydrogen (secondary N) is 1. The summed E-state index contributed by atoms with van der Waals surface area (Å²) in [5, 5.41) is 3.29. The lowest BCUT2D eigenvalue weighted by Gasteiger charge is -2.17. The Labute approximate surface area is 152 Å².